The quantitative estimate of drug-likeness (QED) is 0.765. The Morgan fingerprint density at radius 2 is 2.12 bits per heavy atom. The number of hydrogen-bond donors (Lipinski definition) is 1. The van der Waals surface area contributed by atoms with Gasteiger partial charge in [-0.25, -0.2) is 0 Å². The van der Waals surface area contributed by atoms with E-state index in [0.717, 1.165) is 31.8 Å². The van der Waals surface area contributed by atoms with E-state index in [4.69, 9.17) is 10.5 Å². The molecule has 0 spiro atoms. The molecular weight excluding hydrogens is 216 g/mol. The Hall–Kier alpha value is -0.610. The van der Waals surface area contributed by atoms with Gasteiger partial charge >= 0.3 is 0 Å². The molecule has 1 fully saturated rings. The Morgan fingerprint density at radius 1 is 1.47 bits per heavy atom. The van der Waals surface area contributed by atoms with Crippen molar-refractivity contribution in [3.63, 3.8) is 0 Å². The zero-order valence-corrected chi connectivity index (χ0v) is 11.2. The van der Waals surface area contributed by atoms with Crippen LogP contribution in [0.2, 0.25) is 0 Å². The van der Waals surface area contributed by atoms with Crippen LogP contribution in [0.25, 0.3) is 0 Å². The smallest absolute Gasteiger partial charge is 0.225 e. The van der Waals surface area contributed by atoms with Gasteiger partial charge in [0.05, 0.1) is 12.5 Å². The topological polar surface area (TPSA) is 55.6 Å². The number of rotatable bonds is 6. The van der Waals surface area contributed by atoms with E-state index in [2.05, 4.69) is 6.92 Å². The van der Waals surface area contributed by atoms with Gasteiger partial charge in [-0.3, -0.25) is 4.79 Å². The maximum atomic E-state index is 12.0. The van der Waals surface area contributed by atoms with Gasteiger partial charge in [0.25, 0.3) is 0 Å². The first-order valence-corrected chi connectivity index (χ1v) is 6.71. The molecular formula is C13H26N2O2. The highest BCUT2D eigenvalue weighted by molar-refractivity contribution is 5.76. The Morgan fingerprint density at radius 3 is 2.59 bits per heavy atom. The zero-order chi connectivity index (χ0) is 12.7. The molecule has 0 aromatic heterocycles. The van der Waals surface area contributed by atoms with Crippen LogP contribution >= 0.6 is 0 Å². The normalized spacial score (nSPS) is 19.4. The third kappa shape index (κ3) is 4.64. The van der Waals surface area contributed by atoms with Crippen molar-refractivity contribution in [2.45, 2.75) is 45.1 Å². The van der Waals surface area contributed by atoms with Gasteiger partial charge in [0, 0.05) is 26.7 Å². The van der Waals surface area contributed by atoms with Crippen molar-refractivity contribution >= 4 is 5.91 Å². The van der Waals surface area contributed by atoms with Crippen molar-refractivity contribution < 1.29 is 9.53 Å². The number of nitrogens with two attached hydrogens (primary N) is 1. The molecule has 1 amide bonds. The number of ether oxygens (including phenoxy) is 1. The number of nitrogens with zero attached hydrogens (tertiary/aromatic N) is 1. The Balaban J connectivity index is 2.30. The first-order chi connectivity index (χ1) is 8.21. The largest absolute Gasteiger partial charge is 0.380 e. The lowest BCUT2D eigenvalue weighted by Gasteiger charge is -2.32. The molecule has 100 valence electrons. The van der Waals surface area contributed by atoms with Gasteiger partial charge in [0.2, 0.25) is 5.91 Å². The molecule has 1 aliphatic heterocycles. The van der Waals surface area contributed by atoms with E-state index < -0.39 is 0 Å². The Bertz CT molecular complexity index is 221. The molecule has 1 rings (SSSR count). The van der Waals surface area contributed by atoms with Crippen LogP contribution in [0, 0.1) is 5.92 Å². The fraction of sp³-hybridized carbons (Fsp3) is 0.923. The summed E-state index contributed by atoms with van der Waals surface area (Å²) in [6.07, 6.45) is 5.14. The molecule has 0 bridgehead atoms. The average molecular weight is 242 g/mol. The van der Waals surface area contributed by atoms with E-state index in [0.29, 0.717) is 13.0 Å². The van der Waals surface area contributed by atoms with Gasteiger partial charge in [-0.1, -0.05) is 19.8 Å². The lowest BCUT2D eigenvalue weighted by Crippen LogP contribution is -2.41. The highest BCUT2D eigenvalue weighted by atomic mass is 16.5. The summed E-state index contributed by atoms with van der Waals surface area (Å²) in [7, 11) is 1.61. The molecule has 17 heavy (non-hydrogen) atoms. The summed E-state index contributed by atoms with van der Waals surface area (Å²) in [4.78, 5) is 13.9. The number of likely N-dealkylation sites (tertiary alicyclic amines) is 1. The number of methoxy groups -OCH3 is 1. The van der Waals surface area contributed by atoms with Crippen molar-refractivity contribution in [3.05, 3.63) is 0 Å². The van der Waals surface area contributed by atoms with Crippen molar-refractivity contribution in [3.8, 4) is 0 Å². The number of amides is 1. The molecule has 1 heterocycles. The van der Waals surface area contributed by atoms with E-state index in [1.54, 1.807) is 7.11 Å². The van der Waals surface area contributed by atoms with E-state index in [1.165, 1.54) is 12.8 Å². The molecule has 1 unspecified atom stereocenters. The molecule has 4 heteroatoms. The van der Waals surface area contributed by atoms with E-state index >= 15 is 0 Å². The van der Waals surface area contributed by atoms with Gasteiger partial charge in [-0.2, -0.15) is 0 Å². The van der Waals surface area contributed by atoms with Crippen molar-refractivity contribution in [2.75, 3.05) is 26.7 Å². The number of carbonyl (C=O) groups excluding carboxylic acids is 1. The summed E-state index contributed by atoms with van der Waals surface area (Å²) in [5.41, 5.74) is 5.53. The van der Waals surface area contributed by atoms with Crippen LogP contribution in [0.4, 0.5) is 0 Å². The minimum atomic E-state index is -0.129. The van der Waals surface area contributed by atoms with Crippen LogP contribution in [-0.2, 0) is 9.53 Å². The van der Waals surface area contributed by atoms with Gasteiger partial charge in [-0.05, 0) is 18.8 Å². The summed E-state index contributed by atoms with van der Waals surface area (Å²) in [6.45, 7) is 4.45. The zero-order valence-electron chi connectivity index (χ0n) is 11.2. The van der Waals surface area contributed by atoms with Crippen molar-refractivity contribution in [1.29, 1.82) is 0 Å². The molecule has 1 saturated heterocycles. The molecule has 0 saturated carbocycles. The molecule has 4 nitrogen and oxygen atoms in total. The van der Waals surface area contributed by atoms with Gasteiger partial charge < -0.3 is 15.4 Å². The number of carbonyl (C=O) groups is 1. The molecule has 0 aliphatic carbocycles. The van der Waals surface area contributed by atoms with Crippen LogP contribution in [-0.4, -0.2) is 43.7 Å². The number of hydrogen-bond acceptors (Lipinski definition) is 3. The highest BCUT2D eigenvalue weighted by Crippen LogP contribution is 2.22. The van der Waals surface area contributed by atoms with E-state index in [9.17, 15) is 4.79 Å². The summed E-state index contributed by atoms with van der Waals surface area (Å²) in [5, 5.41) is 0. The maximum Gasteiger partial charge on any atom is 0.225 e. The summed E-state index contributed by atoms with van der Waals surface area (Å²) < 4.78 is 5.15. The second-order valence-corrected chi connectivity index (χ2v) is 4.91. The van der Waals surface area contributed by atoms with Crippen LogP contribution in [0.3, 0.4) is 0 Å². The maximum absolute atomic E-state index is 12.0. The second kappa shape index (κ2) is 7.67. The predicted molar refractivity (Wildman–Crippen MR) is 68.7 cm³/mol. The SMILES string of the molecule is CCCC1CCN(C(=O)CC(CN)OC)CC1. The fourth-order valence-electron chi connectivity index (χ4n) is 2.47. The third-order valence-corrected chi connectivity index (χ3v) is 3.66. The fourth-order valence-corrected chi connectivity index (χ4v) is 2.47. The molecule has 1 aliphatic rings. The first kappa shape index (κ1) is 14.5. The van der Waals surface area contributed by atoms with E-state index in [-0.39, 0.29) is 12.0 Å². The predicted octanol–water partition coefficient (Wildman–Crippen LogP) is 1.39. The van der Waals surface area contributed by atoms with Gasteiger partial charge in [0.1, 0.15) is 0 Å². The Kier molecular flexibility index (Phi) is 6.52. The van der Waals surface area contributed by atoms with Crippen LogP contribution in [0.1, 0.15) is 39.0 Å². The van der Waals surface area contributed by atoms with Crippen LogP contribution in [0.5, 0.6) is 0 Å². The minimum absolute atomic E-state index is 0.129. The number of piperidine rings is 1. The van der Waals surface area contributed by atoms with Crippen LogP contribution in [0.15, 0.2) is 0 Å². The summed E-state index contributed by atoms with van der Waals surface area (Å²) >= 11 is 0. The first-order valence-electron chi connectivity index (χ1n) is 6.71. The summed E-state index contributed by atoms with van der Waals surface area (Å²) in [5.74, 6) is 1.01. The molecule has 1 atom stereocenters. The Labute approximate surface area is 104 Å². The van der Waals surface area contributed by atoms with Gasteiger partial charge in [-0.15, -0.1) is 0 Å². The van der Waals surface area contributed by atoms with Crippen LogP contribution < -0.4 is 5.73 Å². The van der Waals surface area contributed by atoms with Crippen molar-refractivity contribution in [1.82, 2.24) is 4.90 Å². The molecule has 0 aromatic rings. The highest BCUT2D eigenvalue weighted by Gasteiger charge is 2.23. The lowest BCUT2D eigenvalue weighted by atomic mass is 9.92. The standard InChI is InChI=1S/C13H26N2O2/c1-3-4-11-5-7-15(8-6-11)13(16)9-12(10-14)17-2/h11-12H,3-10,14H2,1-2H3. The second-order valence-electron chi connectivity index (χ2n) is 4.91. The minimum Gasteiger partial charge on any atom is -0.380 e. The molecule has 0 radical (unpaired) electrons. The average Bonchev–Trinajstić information content (AvgIpc) is 2.37. The van der Waals surface area contributed by atoms with E-state index in [1.807, 2.05) is 4.90 Å². The molecule has 2 N–H and O–H groups in total. The van der Waals surface area contributed by atoms with Gasteiger partial charge in [0.15, 0.2) is 0 Å². The third-order valence-electron chi connectivity index (χ3n) is 3.66. The van der Waals surface area contributed by atoms with Crippen molar-refractivity contribution in [2.24, 2.45) is 11.7 Å². The molecule has 0 aromatic carbocycles. The monoisotopic (exact) mass is 242 g/mol. The summed E-state index contributed by atoms with van der Waals surface area (Å²) in [6, 6.07) is 0. The lowest BCUT2D eigenvalue weighted by molar-refractivity contribution is -0.135.